The Hall–Kier alpha value is -3.12. The number of nitrogens with zero attached hydrogens (tertiary/aromatic N) is 2. The molecule has 0 unspecified atom stereocenters. The van der Waals surface area contributed by atoms with Crippen molar-refractivity contribution in [2.75, 3.05) is 0 Å². The summed E-state index contributed by atoms with van der Waals surface area (Å²) >= 11 is 0. The van der Waals surface area contributed by atoms with Gasteiger partial charge in [-0.3, -0.25) is 9.48 Å². The van der Waals surface area contributed by atoms with Crippen molar-refractivity contribution in [1.29, 1.82) is 0 Å². The van der Waals surface area contributed by atoms with Gasteiger partial charge in [-0.1, -0.05) is 60.7 Å². The molecule has 1 heterocycles. The summed E-state index contributed by atoms with van der Waals surface area (Å²) in [7, 11) is 1.82. The number of rotatable bonds is 2. The van der Waals surface area contributed by atoms with Crippen molar-refractivity contribution in [2.45, 2.75) is 0 Å². The molecule has 0 N–H and O–H groups in total. The molecule has 0 saturated carbocycles. The number of hydrogen-bond donors (Lipinski definition) is 0. The van der Waals surface area contributed by atoms with Crippen LogP contribution in [0.5, 0.6) is 0 Å². The number of carbonyl (C=O) groups excluding carboxylic acids is 1. The number of benzene rings is 2. The molecule has 0 amide bonds. The Morgan fingerprint density at radius 1 is 1.00 bits per heavy atom. The Balaban J connectivity index is 1.96. The fourth-order valence-electron chi connectivity index (χ4n) is 2.19. The zero-order valence-corrected chi connectivity index (χ0v) is 12.2. The Kier molecular flexibility index (Phi) is 3.84. The third-order valence-corrected chi connectivity index (χ3v) is 3.35. The lowest BCUT2D eigenvalue weighted by Gasteiger charge is -1.99. The number of aryl methyl sites for hydroxylation is 1. The van der Waals surface area contributed by atoms with Gasteiger partial charge in [0.25, 0.3) is 0 Å². The highest BCUT2D eigenvalue weighted by Crippen LogP contribution is 2.22. The van der Waals surface area contributed by atoms with Gasteiger partial charge >= 0.3 is 0 Å². The van der Waals surface area contributed by atoms with E-state index in [9.17, 15) is 4.79 Å². The molecule has 106 valence electrons. The number of Topliss-reactive ketones (excluding diaryl/α,β-unsaturated/α-hetero) is 1. The van der Waals surface area contributed by atoms with Gasteiger partial charge in [-0.05, 0) is 17.4 Å². The third kappa shape index (κ3) is 2.82. The van der Waals surface area contributed by atoms with Crippen LogP contribution in [0.1, 0.15) is 16.1 Å². The molecular formula is C19H14N2O. The first-order chi connectivity index (χ1) is 10.8. The van der Waals surface area contributed by atoms with Crippen molar-refractivity contribution in [2.24, 2.45) is 7.05 Å². The van der Waals surface area contributed by atoms with Gasteiger partial charge in [0, 0.05) is 18.2 Å². The fraction of sp³-hybridized carbons (Fsp3) is 0.0526. The largest absolute Gasteiger partial charge is 0.279 e. The van der Waals surface area contributed by atoms with E-state index in [1.165, 1.54) is 0 Å². The van der Waals surface area contributed by atoms with E-state index in [-0.39, 0.29) is 5.78 Å². The zero-order chi connectivity index (χ0) is 15.4. The van der Waals surface area contributed by atoms with Crippen LogP contribution in [0.3, 0.4) is 0 Å². The van der Waals surface area contributed by atoms with Crippen molar-refractivity contribution in [3.63, 3.8) is 0 Å². The van der Waals surface area contributed by atoms with E-state index >= 15 is 0 Å². The van der Waals surface area contributed by atoms with Crippen LogP contribution in [0.25, 0.3) is 11.1 Å². The van der Waals surface area contributed by atoms with E-state index in [2.05, 4.69) is 16.9 Å². The average Bonchev–Trinajstić information content (AvgIpc) is 2.95. The minimum Gasteiger partial charge on any atom is -0.279 e. The predicted octanol–water partition coefficient (Wildman–Crippen LogP) is 3.32. The van der Waals surface area contributed by atoms with Crippen molar-refractivity contribution < 1.29 is 4.79 Å². The zero-order valence-electron chi connectivity index (χ0n) is 12.2. The van der Waals surface area contributed by atoms with Crippen LogP contribution in [0.4, 0.5) is 0 Å². The quantitative estimate of drug-likeness (QED) is 0.535. The Labute approximate surface area is 129 Å². The molecule has 0 spiro atoms. The molecule has 22 heavy (non-hydrogen) atoms. The molecule has 3 aromatic rings. The van der Waals surface area contributed by atoms with Crippen molar-refractivity contribution in [3.8, 4) is 23.0 Å². The lowest BCUT2D eigenvalue weighted by atomic mass is 10.1. The maximum absolute atomic E-state index is 12.1. The molecule has 0 aliphatic heterocycles. The minimum absolute atomic E-state index is 0.194. The first-order valence-corrected chi connectivity index (χ1v) is 6.94. The molecule has 0 aliphatic carbocycles. The average molecular weight is 286 g/mol. The summed E-state index contributed by atoms with van der Waals surface area (Å²) in [5.41, 5.74) is 3.29. The summed E-state index contributed by atoms with van der Waals surface area (Å²) in [4.78, 5) is 12.1. The fourth-order valence-corrected chi connectivity index (χ4v) is 2.19. The Morgan fingerprint density at radius 2 is 1.64 bits per heavy atom. The monoisotopic (exact) mass is 286 g/mol. The molecule has 1 aromatic heterocycles. The molecule has 3 nitrogen and oxygen atoms in total. The van der Waals surface area contributed by atoms with Crippen molar-refractivity contribution >= 4 is 5.78 Å². The molecular weight excluding hydrogens is 272 g/mol. The molecule has 2 aromatic carbocycles. The highest BCUT2D eigenvalue weighted by Gasteiger charge is 2.08. The summed E-state index contributed by atoms with van der Waals surface area (Å²) in [5.74, 6) is 5.47. The van der Waals surface area contributed by atoms with Gasteiger partial charge in [0.15, 0.2) is 0 Å². The third-order valence-electron chi connectivity index (χ3n) is 3.35. The number of aromatic nitrogens is 2. The van der Waals surface area contributed by atoms with E-state index in [0.717, 1.165) is 16.8 Å². The first kappa shape index (κ1) is 13.8. The van der Waals surface area contributed by atoms with Crippen molar-refractivity contribution in [1.82, 2.24) is 9.78 Å². The number of carbonyl (C=O) groups is 1. The van der Waals surface area contributed by atoms with Crippen LogP contribution in [-0.2, 0) is 7.05 Å². The van der Waals surface area contributed by atoms with E-state index in [1.807, 2.05) is 55.6 Å². The Morgan fingerprint density at radius 3 is 2.32 bits per heavy atom. The standard InChI is InChI=1S/C19H14N2O/c1-21-18(12-13-19(22)16-10-6-3-7-11-16)17(14-20-21)15-8-4-2-5-9-15/h2-11,14H,1H3. The maximum Gasteiger partial charge on any atom is 0.236 e. The van der Waals surface area contributed by atoms with Gasteiger partial charge < -0.3 is 0 Å². The first-order valence-electron chi connectivity index (χ1n) is 6.94. The SMILES string of the molecule is Cn1ncc(-c2ccccc2)c1C#CC(=O)c1ccccc1. The molecule has 0 saturated heterocycles. The predicted molar refractivity (Wildman–Crippen MR) is 86.3 cm³/mol. The summed E-state index contributed by atoms with van der Waals surface area (Å²) in [6.45, 7) is 0. The van der Waals surface area contributed by atoms with Crippen LogP contribution in [0.15, 0.2) is 66.9 Å². The topological polar surface area (TPSA) is 34.9 Å². The van der Waals surface area contributed by atoms with Gasteiger partial charge in [-0.15, -0.1) is 0 Å². The van der Waals surface area contributed by atoms with Gasteiger partial charge in [0.1, 0.15) is 5.69 Å². The second-order valence-corrected chi connectivity index (χ2v) is 4.84. The van der Waals surface area contributed by atoms with E-state index < -0.39 is 0 Å². The lowest BCUT2D eigenvalue weighted by molar-refractivity contribution is 0.105. The molecule has 0 atom stereocenters. The Bertz CT molecular complexity index is 853. The number of ketones is 1. The summed E-state index contributed by atoms with van der Waals surface area (Å²) in [5, 5.41) is 4.25. The minimum atomic E-state index is -0.194. The van der Waals surface area contributed by atoms with Crippen LogP contribution in [0.2, 0.25) is 0 Å². The normalized spacial score (nSPS) is 9.86. The second kappa shape index (κ2) is 6.11. The van der Waals surface area contributed by atoms with E-state index in [0.29, 0.717) is 5.56 Å². The molecule has 3 heteroatoms. The molecule has 3 rings (SSSR count). The molecule has 0 bridgehead atoms. The summed E-state index contributed by atoms with van der Waals surface area (Å²) < 4.78 is 1.69. The van der Waals surface area contributed by atoms with Crippen LogP contribution < -0.4 is 0 Å². The molecule has 0 aliphatic rings. The lowest BCUT2D eigenvalue weighted by Crippen LogP contribution is -1.97. The smallest absolute Gasteiger partial charge is 0.236 e. The van der Waals surface area contributed by atoms with E-state index in [4.69, 9.17) is 0 Å². The molecule has 0 fully saturated rings. The van der Waals surface area contributed by atoms with Gasteiger partial charge in [-0.25, -0.2) is 0 Å². The second-order valence-electron chi connectivity index (χ2n) is 4.84. The summed E-state index contributed by atoms with van der Waals surface area (Å²) in [6, 6.07) is 19.0. The highest BCUT2D eigenvalue weighted by molar-refractivity contribution is 6.09. The number of hydrogen-bond acceptors (Lipinski definition) is 2. The van der Waals surface area contributed by atoms with Crippen LogP contribution >= 0.6 is 0 Å². The van der Waals surface area contributed by atoms with Crippen LogP contribution in [-0.4, -0.2) is 15.6 Å². The van der Waals surface area contributed by atoms with Crippen molar-refractivity contribution in [3.05, 3.63) is 78.1 Å². The summed E-state index contributed by atoms with van der Waals surface area (Å²) in [6.07, 6.45) is 1.77. The van der Waals surface area contributed by atoms with Crippen LogP contribution in [0, 0.1) is 11.8 Å². The van der Waals surface area contributed by atoms with E-state index in [1.54, 1.807) is 23.0 Å². The van der Waals surface area contributed by atoms with Gasteiger partial charge in [0.05, 0.1) is 6.20 Å². The maximum atomic E-state index is 12.1. The molecule has 0 radical (unpaired) electrons. The van der Waals surface area contributed by atoms with Gasteiger partial charge in [0.2, 0.25) is 5.78 Å². The highest BCUT2D eigenvalue weighted by atomic mass is 16.1. The van der Waals surface area contributed by atoms with Gasteiger partial charge in [-0.2, -0.15) is 5.10 Å².